The second kappa shape index (κ2) is 5.16. The van der Waals surface area contributed by atoms with Crippen LogP contribution in [0.4, 0.5) is 0 Å². The van der Waals surface area contributed by atoms with Gasteiger partial charge in [0, 0.05) is 19.3 Å². The molecule has 4 heteroatoms. The lowest BCUT2D eigenvalue weighted by Crippen LogP contribution is -2.45. The van der Waals surface area contributed by atoms with Gasteiger partial charge in [0.25, 0.3) is 0 Å². The summed E-state index contributed by atoms with van der Waals surface area (Å²) in [5.74, 6) is 0.127. The number of pyridine rings is 1. The molecular weight excluding hydrogens is 228 g/mol. The summed E-state index contributed by atoms with van der Waals surface area (Å²) in [7, 11) is 0. The van der Waals surface area contributed by atoms with Gasteiger partial charge in [-0.05, 0) is 30.9 Å². The molecule has 0 aromatic carbocycles. The van der Waals surface area contributed by atoms with Crippen molar-refractivity contribution in [1.82, 2.24) is 10.3 Å². The number of morpholine rings is 1. The molecule has 1 N–H and O–H groups in total. The van der Waals surface area contributed by atoms with Crippen molar-refractivity contribution in [2.24, 2.45) is 0 Å². The zero-order valence-electron chi connectivity index (χ0n) is 10.4. The molecule has 1 aromatic rings. The third-order valence-electron chi connectivity index (χ3n) is 3.78. The van der Waals surface area contributed by atoms with Crippen LogP contribution >= 0.6 is 0 Å². The Labute approximate surface area is 107 Å². The molecule has 0 amide bonds. The number of hydrogen-bond donors (Lipinski definition) is 1. The Hall–Kier alpha value is -1.26. The lowest BCUT2D eigenvalue weighted by atomic mass is 9.82. The molecular formula is C14H18N2O2. The third-order valence-corrected chi connectivity index (χ3v) is 3.78. The van der Waals surface area contributed by atoms with Gasteiger partial charge in [-0.1, -0.05) is 6.07 Å². The Kier molecular flexibility index (Phi) is 3.39. The molecule has 96 valence electrons. The topological polar surface area (TPSA) is 51.2 Å². The first-order valence-corrected chi connectivity index (χ1v) is 6.66. The molecule has 1 fully saturated rings. The van der Waals surface area contributed by atoms with Crippen molar-refractivity contribution in [3.63, 3.8) is 0 Å². The van der Waals surface area contributed by atoms with Crippen molar-refractivity contribution in [1.29, 1.82) is 0 Å². The summed E-state index contributed by atoms with van der Waals surface area (Å²) >= 11 is 0. The van der Waals surface area contributed by atoms with Crippen LogP contribution in [0.5, 0.6) is 0 Å². The molecule has 0 bridgehead atoms. The standard InChI is InChI=1S/C14H18N2O2/c17-14(12-9-15-7-8-18-12)11-5-1-3-10-4-2-6-16-13(10)11/h2,4,6,11-12,15H,1,3,5,7-9H2. The van der Waals surface area contributed by atoms with Crippen molar-refractivity contribution in [2.45, 2.75) is 31.3 Å². The molecule has 1 aliphatic carbocycles. The summed E-state index contributed by atoms with van der Waals surface area (Å²) in [4.78, 5) is 16.9. The normalized spacial score (nSPS) is 27.6. The molecule has 0 spiro atoms. The van der Waals surface area contributed by atoms with E-state index in [0.717, 1.165) is 31.5 Å². The molecule has 1 saturated heterocycles. The maximum absolute atomic E-state index is 12.5. The molecule has 2 heterocycles. The summed E-state index contributed by atoms with van der Waals surface area (Å²) in [6.07, 6.45) is 4.50. The highest BCUT2D eigenvalue weighted by Crippen LogP contribution is 2.31. The number of ether oxygens (including phenoxy) is 1. The summed E-state index contributed by atoms with van der Waals surface area (Å²) in [5, 5.41) is 3.21. The molecule has 4 nitrogen and oxygen atoms in total. The van der Waals surface area contributed by atoms with Gasteiger partial charge in [-0.25, -0.2) is 0 Å². The first kappa shape index (κ1) is 11.8. The van der Waals surface area contributed by atoms with Crippen molar-refractivity contribution in [2.75, 3.05) is 19.7 Å². The number of carbonyl (C=O) groups excluding carboxylic acids is 1. The van der Waals surface area contributed by atoms with E-state index in [1.54, 1.807) is 6.20 Å². The number of ketones is 1. The van der Waals surface area contributed by atoms with E-state index in [1.165, 1.54) is 5.56 Å². The molecule has 3 rings (SSSR count). The highest BCUT2D eigenvalue weighted by Gasteiger charge is 2.33. The molecule has 1 aromatic heterocycles. The van der Waals surface area contributed by atoms with E-state index in [9.17, 15) is 4.79 Å². The van der Waals surface area contributed by atoms with Crippen LogP contribution in [-0.2, 0) is 16.0 Å². The number of rotatable bonds is 2. The summed E-state index contributed by atoms with van der Waals surface area (Å²) in [6, 6.07) is 4.03. The second-order valence-corrected chi connectivity index (χ2v) is 4.96. The third kappa shape index (κ3) is 2.18. The zero-order valence-corrected chi connectivity index (χ0v) is 10.4. The smallest absolute Gasteiger partial charge is 0.171 e. The predicted octanol–water partition coefficient (Wildman–Crippen LogP) is 1.06. The maximum atomic E-state index is 12.5. The number of aryl methyl sites for hydroxylation is 1. The number of hydrogen-bond acceptors (Lipinski definition) is 4. The van der Waals surface area contributed by atoms with Gasteiger partial charge >= 0.3 is 0 Å². The lowest BCUT2D eigenvalue weighted by Gasteiger charge is -2.29. The number of nitrogens with zero attached hydrogens (tertiary/aromatic N) is 1. The van der Waals surface area contributed by atoms with Gasteiger partial charge in [-0.15, -0.1) is 0 Å². The Morgan fingerprint density at radius 2 is 2.44 bits per heavy atom. The van der Waals surface area contributed by atoms with Crippen LogP contribution in [0.2, 0.25) is 0 Å². The van der Waals surface area contributed by atoms with E-state index >= 15 is 0 Å². The Morgan fingerprint density at radius 3 is 3.28 bits per heavy atom. The minimum Gasteiger partial charge on any atom is -0.368 e. The van der Waals surface area contributed by atoms with Crippen LogP contribution < -0.4 is 5.32 Å². The first-order valence-electron chi connectivity index (χ1n) is 6.66. The highest BCUT2D eigenvalue weighted by atomic mass is 16.5. The minimum absolute atomic E-state index is 0.0696. The quantitative estimate of drug-likeness (QED) is 0.847. The van der Waals surface area contributed by atoms with Gasteiger partial charge in [-0.3, -0.25) is 9.78 Å². The molecule has 2 unspecified atom stereocenters. The summed E-state index contributed by atoms with van der Waals surface area (Å²) < 4.78 is 5.57. The molecule has 0 radical (unpaired) electrons. The summed E-state index contributed by atoms with van der Waals surface area (Å²) in [5.41, 5.74) is 2.20. The molecule has 1 aliphatic heterocycles. The van der Waals surface area contributed by atoms with Gasteiger partial charge in [0.15, 0.2) is 5.78 Å². The van der Waals surface area contributed by atoms with E-state index in [1.807, 2.05) is 6.07 Å². The zero-order chi connectivity index (χ0) is 12.4. The van der Waals surface area contributed by atoms with Crippen molar-refractivity contribution in [3.8, 4) is 0 Å². The number of fused-ring (bicyclic) bond motifs is 1. The Morgan fingerprint density at radius 1 is 1.50 bits per heavy atom. The van der Waals surface area contributed by atoms with E-state index in [-0.39, 0.29) is 17.8 Å². The van der Waals surface area contributed by atoms with Gasteiger partial charge in [0.05, 0.1) is 18.2 Å². The number of carbonyl (C=O) groups is 1. The van der Waals surface area contributed by atoms with Gasteiger partial charge in [-0.2, -0.15) is 0 Å². The summed E-state index contributed by atoms with van der Waals surface area (Å²) in [6.45, 7) is 2.10. The average molecular weight is 246 g/mol. The van der Waals surface area contributed by atoms with Crippen LogP contribution in [-0.4, -0.2) is 36.6 Å². The maximum Gasteiger partial charge on any atom is 0.171 e. The second-order valence-electron chi connectivity index (χ2n) is 4.96. The van der Waals surface area contributed by atoms with Gasteiger partial charge in [0.1, 0.15) is 6.10 Å². The fraction of sp³-hybridized carbons (Fsp3) is 0.571. The van der Waals surface area contributed by atoms with E-state index in [2.05, 4.69) is 16.4 Å². The Balaban J connectivity index is 1.82. The highest BCUT2D eigenvalue weighted by molar-refractivity contribution is 5.90. The number of Topliss-reactive ketones (excluding diaryl/α,β-unsaturated/α-hetero) is 1. The van der Waals surface area contributed by atoms with Gasteiger partial charge < -0.3 is 10.1 Å². The van der Waals surface area contributed by atoms with Crippen LogP contribution in [0, 0.1) is 0 Å². The van der Waals surface area contributed by atoms with E-state index in [4.69, 9.17) is 4.74 Å². The fourth-order valence-electron chi connectivity index (χ4n) is 2.86. The van der Waals surface area contributed by atoms with Crippen LogP contribution in [0.25, 0.3) is 0 Å². The fourth-order valence-corrected chi connectivity index (χ4v) is 2.86. The van der Waals surface area contributed by atoms with Crippen molar-refractivity contribution in [3.05, 3.63) is 29.6 Å². The molecule has 18 heavy (non-hydrogen) atoms. The number of nitrogens with one attached hydrogen (secondary N) is 1. The van der Waals surface area contributed by atoms with Crippen LogP contribution in [0.15, 0.2) is 18.3 Å². The number of aromatic nitrogens is 1. The molecule has 0 saturated carbocycles. The minimum atomic E-state index is -0.295. The van der Waals surface area contributed by atoms with E-state index in [0.29, 0.717) is 13.2 Å². The Bertz CT molecular complexity index is 441. The molecule has 2 atom stereocenters. The first-order chi connectivity index (χ1) is 8.86. The van der Waals surface area contributed by atoms with Crippen LogP contribution in [0.1, 0.15) is 30.0 Å². The monoisotopic (exact) mass is 246 g/mol. The van der Waals surface area contributed by atoms with E-state index < -0.39 is 0 Å². The SMILES string of the molecule is O=C(C1CNCCO1)C1CCCc2cccnc21. The lowest BCUT2D eigenvalue weighted by molar-refractivity contribution is -0.133. The van der Waals surface area contributed by atoms with Gasteiger partial charge in [0.2, 0.25) is 0 Å². The molecule has 2 aliphatic rings. The average Bonchev–Trinajstić information content (AvgIpc) is 2.47. The van der Waals surface area contributed by atoms with Crippen LogP contribution in [0.3, 0.4) is 0 Å². The van der Waals surface area contributed by atoms with Crippen molar-refractivity contribution < 1.29 is 9.53 Å². The largest absolute Gasteiger partial charge is 0.368 e. The van der Waals surface area contributed by atoms with Crippen molar-refractivity contribution >= 4 is 5.78 Å². The predicted molar refractivity (Wildman–Crippen MR) is 67.5 cm³/mol.